The number of carbonyl (C=O) groups is 1. The third-order valence-electron chi connectivity index (χ3n) is 14.8. The van der Waals surface area contributed by atoms with Crippen molar-refractivity contribution < 1.29 is 34.0 Å². The number of phenolic OH excluding ortho intramolecular Hbond substituents is 2. The number of pyridine rings is 1. The van der Waals surface area contributed by atoms with E-state index in [2.05, 4.69) is 47.5 Å². The van der Waals surface area contributed by atoms with Crippen molar-refractivity contribution in [3.63, 3.8) is 0 Å². The smallest absolute Gasteiger partial charge is 0.302 e. The van der Waals surface area contributed by atoms with Crippen LogP contribution in [0.3, 0.4) is 0 Å². The van der Waals surface area contributed by atoms with Gasteiger partial charge in [-0.05, 0) is 110 Å². The predicted molar refractivity (Wildman–Crippen MR) is 248 cm³/mol. The SMILES string of the molecule is COc1cc(O)cc2c1-c1ccc3c4c1[C@@]1(CC[C@H](Cc5ccc(N)nc5C#CCc5cc(O)c6c(c5[C@@H](O4)[C@H]3COC(C)=O)C=C[C@@H]3N[C@@H]4CCC[C@H](CSSC[C@@H]3O6)C4)C1)C2. The highest BCUT2D eigenvalue weighted by Gasteiger charge is 2.51. The van der Waals surface area contributed by atoms with Gasteiger partial charge in [-0.3, -0.25) is 4.79 Å². The minimum absolute atomic E-state index is 0.0525. The number of hydrogen-bond donors (Lipinski definition) is 4. The van der Waals surface area contributed by atoms with E-state index in [0.29, 0.717) is 47.3 Å². The van der Waals surface area contributed by atoms with Crippen molar-refractivity contribution in [2.45, 2.75) is 107 Å². The van der Waals surface area contributed by atoms with Crippen molar-refractivity contribution in [3.8, 4) is 51.7 Å². The number of rotatable bonds is 3. The molecule has 1 saturated heterocycles. The number of methoxy groups -OCH3 is 1. The first kappa shape index (κ1) is 40.8. The second-order valence-electron chi connectivity index (χ2n) is 18.7. The number of esters is 1. The summed E-state index contributed by atoms with van der Waals surface area (Å²) >= 11 is 0. The molecular weight excluding hydrogens is 831 g/mol. The van der Waals surface area contributed by atoms with Crippen LogP contribution in [0.4, 0.5) is 5.82 Å². The van der Waals surface area contributed by atoms with Gasteiger partial charge < -0.3 is 40.2 Å². The van der Waals surface area contributed by atoms with Gasteiger partial charge in [-0.15, -0.1) is 0 Å². The summed E-state index contributed by atoms with van der Waals surface area (Å²) in [7, 11) is 5.43. The van der Waals surface area contributed by atoms with E-state index < -0.39 is 6.10 Å². The molecule has 11 rings (SSSR count). The van der Waals surface area contributed by atoms with Gasteiger partial charge >= 0.3 is 5.97 Å². The maximum atomic E-state index is 12.7. The lowest BCUT2D eigenvalue weighted by Gasteiger charge is -2.39. The summed E-state index contributed by atoms with van der Waals surface area (Å²) in [6.07, 6.45) is 12.8. The highest BCUT2D eigenvalue weighted by atomic mass is 33.1. The molecule has 0 radical (unpaired) electrons. The minimum atomic E-state index is -0.622. The summed E-state index contributed by atoms with van der Waals surface area (Å²) in [6, 6.07) is 14.0. The van der Waals surface area contributed by atoms with Crippen LogP contribution in [0.1, 0.15) is 109 Å². The van der Waals surface area contributed by atoms with Gasteiger partial charge in [-0.1, -0.05) is 64.3 Å². The standard InChI is InChI=1S/C51H53N3O7S2/c1-27(55)59-24-38-35-10-11-36-45-32(19-34(56)21-42(45)58-2)23-51-16-15-28(22-51)17-30-9-14-44(52)54-39(30)8-4-6-31-20-41(57)48-37(46(31)49(38)61-50(35)47(36)51)12-13-40-43(60-48)26-63-62-25-29-5-3-7-33(18-29)53-40/h9-14,19-21,28-29,33,38,40,43,49,53,56-57H,3,5-7,15-18,22-26H2,1-2H3,(H2,52,54)/t28-,29+,33-,38+,40+,43+,49+,51-/m1/s1. The van der Waals surface area contributed by atoms with E-state index in [1.54, 1.807) is 19.2 Å². The fraction of sp³-hybridized carbons (Fsp3) is 0.451. The molecule has 0 unspecified atom stereocenters. The zero-order valence-corrected chi connectivity index (χ0v) is 37.3. The molecule has 8 atom stereocenters. The Hall–Kier alpha value is -4.96. The average Bonchev–Trinajstić information content (AvgIpc) is 3.77. The van der Waals surface area contributed by atoms with Crippen molar-refractivity contribution in [1.29, 1.82) is 0 Å². The Balaban J connectivity index is 1.13. The number of fused-ring (bicyclic) bond motifs is 12. The van der Waals surface area contributed by atoms with Crippen molar-refractivity contribution in [3.05, 3.63) is 93.2 Å². The number of aromatic nitrogens is 1. The summed E-state index contributed by atoms with van der Waals surface area (Å²) in [6.45, 7) is 1.54. The molecule has 10 nitrogen and oxygen atoms in total. The number of carbonyl (C=O) groups excluding carboxylic acids is 1. The van der Waals surface area contributed by atoms with Crippen LogP contribution in [0, 0.1) is 23.7 Å². The average molecular weight is 884 g/mol. The second kappa shape index (κ2) is 16.2. The van der Waals surface area contributed by atoms with Gasteiger partial charge in [-0.25, -0.2) is 4.98 Å². The van der Waals surface area contributed by atoms with Crippen molar-refractivity contribution >= 4 is 39.5 Å². The molecule has 5 N–H and O–H groups in total. The van der Waals surface area contributed by atoms with Crippen molar-refractivity contribution in [2.75, 3.05) is 31.0 Å². The summed E-state index contributed by atoms with van der Waals surface area (Å²) in [5.74, 6) is 11.5. The number of aromatic hydroxyl groups is 2. The van der Waals surface area contributed by atoms with Crippen molar-refractivity contribution in [1.82, 2.24) is 10.3 Å². The molecule has 4 aromatic rings. The Bertz CT molecular complexity index is 2620. The number of nitrogens with one attached hydrogen (secondary N) is 1. The lowest BCUT2D eigenvalue weighted by molar-refractivity contribution is -0.141. The van der Waals surface area contributed by atoms with Crippen LogP contribution in [0.5, 0.6) is 28.7 Å². The first-order valence-corrected chi connectivity index (χ1v) is 25.0. The summed E-state index contributed by atoms with van der Waals surface area (Å²) in [5.41, 5.74) is 15.3. The molecule has 63 heavy (non-hydrogen) atoms. The number of nitrogens with two attached hydrogens (primary N) is 1. The molecule has 1 aromatic heterocycles. The van der Waals surface area contributed by atoms with Gasteiger partial charge in [0, 0.05) is 70.2 Å². The Morgan fingerprint density at radius 1 is 1.03 bits per heavy atom. The topological polar surface area (TPSA) is 145 Å². The Morgan fingerprint density at radius 2 is 1.92 bits per heavy atom. The molecule has 6 bridgehead atoms. The number of phenols is 2. The number of anilines is 1. The largest absolute Gasteiger partial charge is 0.508 e. The van der Waals surface area contributed by atoms with Gasteiger partial charge in [0.1, 0.15) is 47.6 Å². The quantitative estimate of drug-likeness (QED) is 0.0886. The second-order valence-corrected chi connectivity index (χ2v) is 21.3. The summed E-state index contributed by atoms with van der Waals surface area (Å²) in [4.78, 5) is 17.4. The Labute approximate surface area is 376 Å². The van der Waals surface area contributed by atoms with E-state index in [9.17, 15) is 15.0 Å². The Kier molecular flexibility index (Phi) is 10.5. The fourth-order valence-electron chi connectivity index (χ4n) is 12.1. The molecule has 326 valence electrons. The summed E-state index contributed by atoms with van der Waals surface area (Å²) in [5, 5.41) is 27.0. The van der Waals surface area contributed by atoms with E-state index in [4.69, 9.17) is 29.7 Å². The number of benzene rings is 3. The van der Waals surface area contributed by atoms with E-state index in [0.717, 1.165) is 106 Å². The predicted octanol–water partition coefficient (Wildman–Crippen LogP) is 8.96. The molecule has 4 aliphatic heterocycles. The molecular formula is C51H53N3O7S2. The molecule has 5 heterocycles. The molecule has 1 spiro atoms. The van der Waals surface area contributed by atoms with Crippen molar-refractivity contribution in [2.24, 2.45) is 11.8 Å². The van der Waals surface area contributed by atoms with Crippen LogP contribution < -0.4 is 25.3 Å². The van der Waals surface area contributed by atoms with Crippen LogP contribution in [0.25, 0.3) is 17.2 Å². The molecule has 0 amide bonds. The zero-order chi connectivity index (χ0) is 43.0. The third-order valence-corrected chi connectivity index (χ3v) is 17.3. The van der Waals surface area contributed by atoms with Gasteiger partial charge in [0.15, 0.2) is 11.5 Å². The van der Waals surface area contributed by atoms with Gasteiger partial charge in [0.05, 0.1) is 19.1 Å². The maximum absolute atomic E-state index is 12.7. The first-order chi connectivity index (χ1) is 30.6. The van der Waals surface area contributed by atoms with E-state index in [1.165, 1.54) is 19.8 Å². The number of nitrogen functional groups attached to an aromatic ring is 1. The molecule has 7 aliphatic rings. The monoisotopic (exact) mass is 883 g/mol. The van der Waals surface area contributed by atoms with Crippen LogP contribution in [0.15, 0.2) is 48.5 Å². The van der Waals surface area contributed by atoms with Crippen LogP contribution >= 0.6 is 21.6 Å². The number of hydrogen-bond acceptors (Lipinski definition) is 12. The molecule has 3 aromatic carbocycles. The van der Waals surface area contributed by atoms with Crippen LogP contribution in [0.2, 0.25) is 0 Å². The third kappa shape index (κ3) is 7.28. The van der Waals surface area contributed by atoms with E-state index >= 15 is 0 Å². The summed E-state index contributed by atoms with van der Waals surface area (Å²) < 4.78 is 26.5. The molecule has 3 fully saturated rings. The Morgan fingerprint density at radius 3 is 2.79 bits per heavy atom. The molecule has 2 saturated carbocycles. The minimum Gasteiger partial charge on any atom is -0.508 e. The van der Waals surface area contributed by atoms with Gasteiger partial charge in [0.2, 0.25) is 0 Å². The highest BCUT2D eigenvalue weighted by Crippen LogP contribution is 2.63. The van der Waals surface area contributed by atoms with E-state index in [-0.39, 0.29) is 54.0 Å². The van der Waals surface area contributed by atoms with E-state index in [1.807, 2.05) is 33.7 Å². The van der Waals surface area contributed by atoms with Gasteiger partial charge in [-0.2, -0.15) is 0 Å². The number of ether oxygens (including phenoxy) is 4. The highest BCUT2D eigenvalue weighted by molar-refractivity contribution is 8.76. The number of nitrogens with zero attached hydrogens (tertiary/aromatic N) is 1. The maximum Gasteiger partial charge on any atom is 0.302 e. The van der Waals surface area contributed by atoms with Gasteiger partial charge in [0.25, 0.3) is 0 Å². The molecule has 12 heteroatoms. The lowest BCUT2D eigenvalue weighted by atomic mass is 9.65. The van der Waals surface area contributed by atoms with Crippen LogP contribution in [-0.2, 0) is 34.2 Å². The first-order valence-electron chi connectivity index (χ1n) is 22.5. The lowest BCUT2D eigenvalue weighted by Crippen LogP contribution is -2.49. The van der Waals surface area contributed by atoms with Crippen LogP contribution in [-0.4, -0.2) is 64.6 Å². The fourth-order valence-corrected chi connectivity index (χ4v) is 14.7. The molecule has 3 aliphatic carbocycles. The normalized spacial score (nSPS) is 28.6. The zero-order valence-electron chi connectivity index (χ0n) is 35.7.